The van der Waals surface area contributed by atoms with Crippen LogP contribution >= 0.6 is 0 Å². The molecule has 2 aromatic carbocycles. The molecule has 1 amide bonds. The van der Waals surface area contributed by atoms with Crippen molar-refractivity contribution in [2.75, 3.05) is 18.9 Å². The zero-order valence-corrected chi connectivity index (χ0v) is 16.8. The minimum absolute atomic E-state index is 0.0239. The maximum Gasteiger partial charge on any atom is 0.238 e. The van der Waals surface area contributed by atoms with Gasteiger partial charge in [0.15, 0.2) is 0 Å². The van der Waals surface area contributed by atoms with E-state index in [4.69, 9.17) is 4.74 Å². The van der Waals surface area contributed by atoms with E-state index in [2.05, 4.69) is 5.32 Å². The molecule has 0 aromatic heterocycles. The first-order valence-corrected chi connectivity index (χ1v) is 11.1. The summed E-state index contributed by atoms with van der Waals surface area (Å²) in [5.74, 6) is 0.508. The van der Waals surface area contributed by atoms with Crippen LogP contribution in [0, 0.1) is 0 Å². The Kier molecular flexibility index (Phi) is 6.70. The first-order chi connectivity index (χ1) is 13.5. The fraction of sp³-hybridized carbons (Fsp3) is 0.381. The van der Waals surface area contributed by atoms with Crippen LogP contribution in [0.2, 0.25) is 0 Å². The number of hydrogen-bond acceptors (Lipinski definition) is 4. The first kappa shape index (κ1) is 20.4. The standard InChI is InChI=1S/C21H26N2O4S/c1-2-28(25,26)23-16-18-10-7-6-9-17(18)15-20(23)21(24)22-13-8-14-27-19-11-4-3-5-12-19/h3-7,9-12,20H,2,8,13-16H2,1H3,(H,22,24)/t20-/m0/s1. The van der Waals surface area contributed by atoms with Gasteiger partial charge in [-0.25, -0.2) is 8.42 Å². The highest BCUT2D eigenvalue weighted by Gasteiger charge is 2.37. The number of amides is 1. The molecule has 1 aliphatic rings. The number of para-hydroxylation sites is 1. The Morgan fingerprint density at radius 3 is 2.50 bits per heavy atom. The first-order valence-electron chi connectivity index (χ1n) is 9.53. The average molecular weight is 403 g/mol. The quantitative estimate of drug-likeness (QED) is 0.688. The average Bonchev–Trinajstić information content (AvgIpc) is 2.73. The summed E-state index contributed by atoms with van der Waals surface area (Å²) in [5.41, 5.74) is 1.98. The number of carbonyl (C=O) groups is 1. The van der Waals surface area contributed by atoms with E-state index in [0.29, 0.717) is 26.0 Å². The van der Waals surface area contributed by atoms with Crippen LogP contribution in [0.15, 0.2) is 54.6 Å². The summed E-state index contributed by atoms with van der Waals surface area (Å²) in [5, 5.41) is 2.87. The predicted molar refractivity (Wildman–Crippen MR) is 109 cm³/mol. The van der Waals surface area contributed by atoms with Crippen LogP contribution < -0.4 is 10.1 Å². The van der Waals surface area contributed by atoms with Gasteiger partial charge in [0.1, 0.15) is 11.8 Å². The van der Waals surface area contributed by atoms with Crippen molar-refractivity contribution in [3.05, 3.63) is 65.7 Å². The van der Waals surface area contributed by atoms with Crippen LogP contribution in [-0.2, 0) is 27.8 Å². The SMILES string of the molecule is CCS(=O)(=O)N1Cc2ccccc2C[C@H]1C(=O)NCCCOc1ccccc1. The van der Waals surface area contributed by atoms with Crippen LogP contribution in [0.5, 0.6) is 5.75 Å². The molecule has 0 bridgehead atoms. The lowest BCUT2D eigenvalue weighted by Gasteiger charge is -2.34. The second-order valence-corrected chi connectivity index (χ2v) is 8.95. The zero-order valence-electron chi connectivity index (χ0n) is 16.0. The number of fused-ring (bicyclic) bond motifs is 1. The Bertz CT molecular complexity index is 900. The third kappa shape index (κ3) is 4.91. The number of ether oxygens (including phenoxy) is 1. The summed E-state index contributed by atoms with van der Waals surface area (Å²) in [6, 6.07) is 16.5. The molecule has 3 rings (SSSR count). The number of nitrogens with zero attached hydrogens (tertiary/aromatic N) is 1. The number of hydrogen-bond donors (Lipinski definition) is 1. The van der Waals surface area contributed by atoms with Crippen molar-refractivity contribution in [1.82, 2.24) is 9.62 Å². The second kappa shape index (κ2) is 9.21. The van der Waals surface area contributed by atoms with E-state index in [1.807, 2.05) is 54.6 Å². The van der Waals surface area contributed by atoms with Crippen LogP contribution in [0.25, 0.3) is 0 Å². The summed E-state index contributed by atoms with van der Waals surface area (Å²) in [4.78, 5) is 12.8. The molecule has 0 spiro atoms. The smallest absolute Gasteiger partial charge is 0.238 e. The van der Waals surface area contributed by atoms with Gasteiger partial charge in [-0.15, -0.1) is 0 Å². The molecule has 1 heterocycles. The fourth-order valence-corrected chi connectivity index (χ4v) is 4.51. The molecule has 28 heavy (non-hydrogen) atoms. The highest BCUT2D eigenvalue weighted by Crippen LogP contribution is 2.26. The van der Waals surface area contributed by atoms with Gasteiger partial charge in [0, 0.05) is 13.1 Å². The molecule has 1 N–H and O–H groups in total. The summed E-state index contributed by atoms with van der Waals surface area (Å²) in [6.07, 6.45) is 1.03. The molecule has 0 saturated carbocycles. The predicted octanol–water partition coefficient (Wildman–Crippen LogP) is 2.35. The highest BCUT2D eigenvalue weighted by atomic mass is 32.2. The number of rotatable bonds is 8. The molecule has 0 aliphatic carbocycles. The lowest BCUT2D eigenvalue weighted by atomic mass is 9.95. The Labute approximate surface area is 166 Å². The summed E-state index contributed by atoms with van der Waals surface area (Å²) >= 11 is 0. The molecule has 0 unspecified atom stereocenters. The Balaban J connectivity index is 1.58. The van der Waals surface area contributed by atoms with E-state index in [-0.39, 0.29) is 18.2 Å². The molecule has 2 aromatic rings. The van der Waals surface area contributed by atoms with Gasteiger partial charge in [0.2, 0.25) is 15.9 Å². The molecule has 1 aliphatic heterocycles. The summed E-state index contributed by atoms with van der Waals surface area (Å²) < 4.78 is 32.0. The van der Waals surface area contributed by atoms with Gasteiger partial charge in [-0.3, -0.25) is 4.79 Å². The van der Waals surface area contributed by atoms with Crippen LogP contribution in [0.4, 0.5) is 0 Å². The van der Waals surface area contributed by atoms with E-state index in [0.717, 1.165) is 16.9 Å². The van der Waals surface area contributed by atoms with E-state index in [1.165, 1.54) is 4.31 Å². The van der Waals surface area contributed by atoms with E-state index in [9.17, 15) is 13.2 Å². The van der Waals surface area contributed by atoms with Crippen LogP contribution in [0.3, 0.4) is 0 Å². The van der Waals surface area contributed by atoms with Crippen molar-refractivity contribution >= 4 is 15.9 Å². The second-order valence-electron chi connectivity index (χ2n) is 6.74. The molecule has 0 saturated heterocycles. The third-order valence-corrected chi connectivity index (χ3v) is 6.69. The maximum atomic E-state index is 12.8. The maximum absolute atomic E-state index is 12.8. The molecule has 6 nitrogen and oxygen atoms in total. The largest absolute Gasteiger partial charge is 0.494 e. The zero-order chi connectivity index (χ0) is 20.0. The molecular weight excluding hydrogens is 376 g/mol. The molecule has 7 heteroatoms. The van der Waals surface area contributed by atoms with E-state index >= 15 is 0 Å². The van der Waals surface area contributed by atoms with Crippen LogP contribution in [-0.4, -0.2) is 43.6 Å². The summed E-state index contributed by atoms with van der Waals surface area (Å²) in [7, 11) is -3.48. The Morgan fingerprint density at radius 2 is 1.79 bits per heavy atom. The van der Waals surface area contributed by atoms with E-state index in [1.54, 1.807) is 6.92 Å². The van der Waals surface area contributed by atoms with Gasteiger partial charge >= 0.3 is 0 Å². The van der Waals surface area contributed by atoms with Gasteiger partial charge in [-0.2, -0.15) is 4.31 Å². The minimum Gasteiger partial charge on any atom is -0.494 e. The number of benzene rings is 2. The molecule has 150 valence electrons. The Morgan fingerprint density at radius 1 is 1.11 bits per heavy atom. The monoisotopic (exact) mass is 402 g/mol. The number of carbonyl (C=O) groups excluding carboxylic acids is 1. The molecule has 1 atom stereocenters. The molecule has 0 fully saturated rings. The van der Waals surface area contributed by atoms with Crippen molar-refractivity contribution in [2.45, 2.75) is 32.4 Å². The van der Waals surface area contributed by atoms with Crippen molar-refractivity contribution < 1.29 is 17.9 Å². The number of sulfonamides is 1. The van der Waals surface area contributed by atoms with Crippen molar-refractivity contribution in [2.24, 2.45) is 0 Å². The molecule has 0 radical (unpaired) electrons. The normalized spacial score (nSPS) is 17.0. The summed E-state index contributed by atoms with van der Waals surface area (Å²) in [6.45, 7) is 2.76. The van der Waals surface area contributed by atoms with Crippen LogP contribution in [0.1, 0.15) is 24.5 Å². The Hall–Kier alpha value is -2.38. The van der Waals surface area contributed by atoms with E-state index < -0.39 is 16.1 Å². The van der Waals surface area contributed by atoms with Crippen molar-refractivity contribution in [3.8, 4) is 5.75 Å². The lowest BCUT2D eigenvalue weighted by molar-refractivity contribution is -0.125. The van der Waals surface area contributed by atoms with Gasteiger partial charge in [0.25, 0.3) is 0 Å². The van der Waals surface area contributed by atoms with Crippen molar-refractivity contribution in [1.29, 1.82) is 0 Å². The third-order valence-electron chi connectivity index (χ3n) is 4.86. The van der Waals surface area contributed by atoms with Gasteiger partial charge in [-0.05, 0) is 43.0 Å². The molecular formula is C21H26N2O4S. The highest BCUT2D eigenvalue weighted by molar-refractivity contribution is 7.89. The fourth-order valence-electron chi connectivity index (χ4n) is 3.29. The lowest BCUT2D eigenvalue weighted by Crippen LogP contribution is -2.53. The minimum atomic E-state index is -3.48. The van der Waals surface area contributed by atoms with Gasteiger partial charge < -0.3 is 10.1 Å². The van der Waals surface area contributed by atoms with Gasteiger partial charge in [0.05, 0.1) is 12.4 Å². The number of nitrogens with one attached hydrogen (secondary N) is 1. The van der Waals surface area contributed by atoms with Gasteiger partial charge in [-0.1, -0.05) is 42.5 Å². The topological polar surface area (TPSA) is 75.7 Å². The van der Waals surface area contributed by atoms with Crippen molar-refractivity contribution in [3.63, 3.8) is 0 Å².